The lowest BCUT2D eigenvalue weighted by atomic mass is 10.2. The van der Waals surface area contributed by atoms with Crippen molar-refractivity contribution < 1.29 is 28.7 Å². The predicted molar refractivity (Wildman–Crippen MR) is 119 cm³/mol. The van der Waals surface area contributed by atoms with Gasteiger partial charge in [0.25, 0.3) is 5.91 Å². The lowest BCUT2D eigenvalue weighted by Crippen LogP contribution is -2.24. The maximum absolute atomic E-state index is 12.2. The molecule has 0 heterocycles. The number of rotatable bonds is 9. The van der Waals surface area contributed by atoms with Crippen LogP contribution in [0.2, 0.25) is 0 Å². The van der Waals surface area contributed by atoms with Gasteiger partial charge in [-0.05, 0) is 42.0 Å². The smallest absolute Gasteiger partial charge is 0.343 e. The van der Waals surface area contributed by atoms with Crippen LogP contribution in [-0.4, -0.2) is 36.7 Å². The first kappa shape index (κ1) is 22.9. The van der Waals surface area contributed by atoms with E-state index in [-0.39, 0.29) is 17.2 Å². The van der Waals surface area contributed by atoms with Crippen LogP contribution in [0, 0.1) is 10.1 Å². The maximum atomic E-state index is 12.2. The average molecular weight is 449 g/mol. The van der Waals surface area contributed by atoms with E-state index in [2.05, 4.69) is 10.5 Å². The average Bonchev–Trinajstić information content (AvgIpc) is 2.84. The van der Waals surface area contributed by atoms with Crippen LogP contribution in [0.15, 0.2) is 77.9 Å². The summed E-state index contributed by atoms with van der Waals surface area (Å²) in [5, 5.41) is 14.8. The van der Waals surface area contributed by atoms with Gasteiger partial charge < -0.3 is 14.2 Å². The van der Waals surface area contributed by atoms with E-state index in [9.17, 15) is 19.7 Å². The van der Waals surface area contributed by atoms with Gasteiger partial charge in [0, 0.05) is 6.07 Å². The number of hydrazone groups is 1. The Morgan fingerprint density at radius 3 is 2.45 bits per heavy atom. The Labute approximate surface area is 188 Å². The number of nitro benzene ring substituents is 1. The van der Waals surface area contributed by atoms with Gasteiger partial charge in [0.1, 0.15) is 0 Å². The molecule has 0 aliphatic rings. The lowest BCUT2D eigenvalue weighted by Gasteiger charge is -2.10. The molecule has 3 aromatic carbocycles. The van der Waals surface area contributed by atoms with Crippen molar-refractivity contribution >= 4 is 23.8 Å². The summed E-state index contributed by atoms with van der Waals surface area (Å²) >= 11 is 0. The second-order valence-electron chi connectivity index (χ2n) is 6.47. The molecule has 3 aromatic rings. The Morgan fingerprint density at radius 2 is 1.73 bits per heavy atom. The van der Waals surface area contributed by atoms with E-state index in [4.69, 9.17) is 14.2 Å². The molecule has 0 aromatic heterocycles. The summed E-state index contributed by atoms with van der Waals surface area (Å²) in [5.41, 5.74) is 2.98. The molecule has 0 saturated carbocycles. The lowest BCUT2D eigenvalue weighted by molar-refractivity contribution is -0.385. The van der Waals surface area contributed by atoms with Crippen molar-refractivity contribution in [2.75, 3.05) is 13.7 Å². The second-order valence-corrected chi connectivity index (χ2v) is 6.47. The third-order valence-electron chi connectivity index (χ3n) is 4.22. The predicted octanol–water partition coefficient (Wildman–Crippen LogP) is 3.35. The molecule has 1 N–H and O–H groups in total. The molecular weight excluding hydrogens is 430 g/mol. The summed E-state index contributed by atoms with van der Waals surface area (Å²) in [6.07, 6.45) is 1.36. The highest BCUT2D eigenvalue weighted by Gasteiger charge is 2.15. The molecule has 0 aliphatic carbocycles. The first-order chi connectivity index (χ1) is 16.0. The number of hydrogen-bond acceptors (Lipinski definition) is 8. The first-order valence-corrected chi connectivity index (χ1v) is 9.61. The summed E-state index contributed by atoms with van der Waals surface area (Å²) in [6, 6.07) is 19.0. The van der Waals surface area contributed by atoms with E-state index >= 15 is 0 Å². The molecule has 0 aliphatic heterocycles. The number of nitro groups is 1. The molecule has 0 bridgehead atoms. The molecule has 1 amide bonds. The van der Waals surface area contributed by atoms with Gasteiger partial charge in [-0.15, -0.1) is 0 Å². The van der Waals surface area contributed by atoms with Crippen molar-refractivity contribution in [2.45, 2.75) is 0 Å². The number of ether oxygens (including phenoxy) is 3. The minimum Gasteiger partial charge on any atom is -0.493 e. The van der Waals surface area contributed by atoms with Crippen LogP contribution in [0.1, 0.15) is 15.9 Å². The number of nitrogens with zero attached hydrogens (tertiary/aromatic N) is 2. The third-order valence-corrected chi connectivity index (χ3v) is 4.22. The SMILES string of the molecule is COc1cc(/C=N\NC(=O)COc2ccccc2[N+](=O)[O-])ccc1OC(=O)c1ccccc1. The third kappa shape index (κ3) is 6.37. The number of para-hydroxylation sites is 2. The van der Waals surface area contributed by atoms with E-state index in [1.54, 1.807) is 54.6 Å². The van der Waals surface area contributed by atoms with Gasteiger partial charge in [-0.1, -0.05) is 30.3 Å². The molecule has 33 heavy (non-hydrogen) atoms. The normalized spacial score (nSPS) is 10.5. The van der Waals surface area contributed by atoms with Crippen molar-refractivity contribution in [1.82, 2.24) is 5.43 Å². The minimum atomic E-state index is -0.607. The van der Waals surface area contributed by atoms with Crippen LogP contribution in [0.4, 0.5) is 5.69 Å². The number of methoxy groups -OCH3 is 1. The monoisotopic (exact) mass is 449 g/mol. The summed E-state index contributed by atoms with van der Waals surface area (Å²) in [4.78, 5) is 34.5. The molecule has 0 spiro atoms. The van der Waals surface area contributed by atoms with Crippen LogP contribution in [0.5, 0.6) is 17.2 Å². The Balaban J connectivity index is 1.57. The van der Waals surface area contributed by atoms with Gasteiger partial charge >= 0.3 is 11.7 Å². The van der Waals surface area contributed by atoms with E-state index in [1.807, 2.05) is 0 Å². The van der Waals surface area contributed by atoms with Crippen LogP contribution in [-0.2, 0) is 4.79 Å². The molecule has 0 radical (unpaired) electrons. The standard InChI is InChI=1S/C23H19N3O7/c1-31-21-13-16(11-12-20(21)33-23(28)17-7-3-2-4-8-17)14-24-25-22(27)15-32-19-10-6-5-9-18(19)26(29)30/h2-14H,15H2,1H3,(H,25,27)/b24-14-. The molecule has 10 heteroatoms. The fourth-order valence-electron chi connectivity index (χ4n) is 2.67. The van der Waals surface area contributed by atoms with Crippen molar-refractivity contribution in [3.8, 4) is 17.2 Å². The molecule has 0 saturated heterocycles. The molecule has 3 rings (SSSR count). The fourth-order valence-corrected chi connectivity index (χ4v) is 2.67. The van der Waals surface area contributed by atoms with E-state index in [1.165, 1.54) is 31.5 Å². The van der Waals surface area contributed by atoms with Crippen LogP contribution >= 0.6 is 0 Å². The first-order valence-electron chi connectivity index (χ1n) is 9.61. The van der Waals surface area contributed by atoms with E-state index < -0.39 is 23.4 Å². The zero-order valence-corrected chi connectivity index (χ0v) is 17.5. The van der Waals surface area contributed by atoms with Crippen LogP contribution in [0.25, 0.3) is 0 Å². The van der Waals surface area contributed by atoms with Gasteiger partial charge in [-0.25, -0.2) is 10.2 Å². The summed E-state index contributed by atoms with van der Waals surface area (Å²) in [7, 11) is 1.43. The van der Waals surface area contributed by atoms with Crippen LogP contribution in [0.3, 0.4) is 0 Å². The molecule has 10 nitrogen and oxygen atoms in total. The molecule has 0 atom stereocenters. The highest BCUT2D eigenvalue weighted by atomic mass is 16.6. The quantitative estimate of drug-likeness (QED) is 0.174. The number of amides is 1. The van der Waals surface area contributed by atoms with Gasteiger partial charge in [0.15, 0.2) is 23.9 Å². The number of nitrogens with one attached hydrogen (secondary N) is 1. The highest BCUT2D eigenvalue weighted by Crippen LogP contribution is 2.28. The largest absolute Gasteiger partial charge is 0.493 e. The number of carbonyl (C=O) groups is 2. The maximum Gasteiger partial charge on any atom is 0.343 e. The number of benzene rings is 3. The number of hydrogen-bond donors (Lipinski definition) is 1. The Bertz CT molecular complexity index is 1180. The molecule has 0 unspecified atom stereocenters. The Hall–Kier alpha value is -4.73. The zero-order chi connectivity index (χ0) is 23.6. The molecule has 168 valence electrons. The summed E-state index contributed by atoms with van der Waals surface area (Å²) in [5.74, 6) is -0.627. The zero-order valence-electron chi connectivity index (χ0n) is 17.5. The van der Waals surface area contributed by atoms with Gasteiger partial charge in [-0.3, -0.25) is 14.9 Å². The van der Waals surface area contributed by atoms with Gasteiger partial charge in [-0.2, -0.15) is 5.10 Å². The van der Waals surface area contributed by atoms with Gasteiger partial charge in [0.2, 0.25) is 0 Å². The van der Waals surface area contributed by atoms with Crippen molar-refractivity contribution in [2.24, 2.45) is 5.10 Å². The Kier molecular flexibility index (Phi) is 7.68. The second kappa shape index (κ2) is 11.0. The number of carbonyl (C=O) groups excluding carboxylic acids is 2. The summed E-state index contributed by atoms with van der Waals surface area (Å²) in [6.45, 7) is -0.458. The van der Waals surface area contributed by atoms with Gasteiger partial charge in [0.05, 0.1) is 23.8 Å². The number of esters is 1. The van der Waals surface area contributed by atoms with Crippen LogP contribution < -0.4 is 19.6 Å². The fraction of sp³-hybridized carbons (Fsp3) is 0.0870. The molecule has 0 fully saturated rings. The highest BCUT2D eigenvalue weighted by molar-refractivity contribution is 5.91. The topological polar surface area (TPSA) is 129 Å². The molecular formula is C23H19N3O7. The Morgan fingerprint density at radius 1 is 1.00 bits per heavy atom. The van der Waals surface area contributed by atoms with Crippen molar-refractivity contribution in [1.29, 1.82) is 0 Å². The van der Waals surface area contributed by atoms with Crippen molar-refractivity contribution in [3.05, 3.63) is 94.0 Å². The summed E-state index contributed by atoms with van der Waals surface area (Å²) < 4.78 is 15.8. The van der Waals surface area contributed by atoms with E-state index in [0.717, 1.165) is 0 Å². The minimum absolute atomic E-state index is 0.0213. The van der Waals surface area contributed by atoms with Crippen molar-refractivity contribution in [3.63, 3.8) is 0 Å². The van der Waals surface area contributed by atoms with E-state index in [0.29, 0.717) is 16.9 Å².